The number of nitrogens with one attached hydrogen (secondary N) is 1. The van der Waals surface area contributed by atoms with Crippen molar-refractivity contribution in [3.8, 4) is 11.5 Å². The monoisotopic (exact) mass is 488 g/mol. The van der Waals surface area contributed by atoms with E-state index in [2.05, 4.69) is 39.9 Å². The van der Waals surface area contributed by atoms with Gasteiger partial charge in [-0.05, 0) is 79.9 Å². The van der Waals surface area contributed by atoms with Gasteiger partial charge in [0.15, 0.2) is 11.5 Å². The summed E-state index contributed by atoms with van der Waals surface area (Å²) in [6, 6.07) is 14.5. The average molecular weight is 489 g/mol. The van der Waals surface area contributed by atoms with Crippen molar-refractivity contribution < 1.29 is 14.3 Å². The maximum absolute atomic E-state index is 12.9. The van der Waals surface area contributed by atoms with Crippen LogP contribution in [0.5, 0.6) is 11.5 Å². The van der Waals surface area contributed by atoms with Crippen LogP contribution in [0, 0.1) is 17.3 Å². The lowest BCUT2D eigenvalue weighted by atomic mass is 9.89. The lowest BCUT2D eigenvalue weighted by Gasteiger charge is -2.34. The van der Waals surface area contributed by atoms with Crippen molar-refractivity contribution >= 4 is 16.9 Å². The van der Waals surface area contributed by atoms with Crippen LogP contribution in [0.3, 0.4) is 0 Å². The summed E-state index contributed by atoms with van der Waals surface area (Å²) in [6.07, 6.45) is 5.10. The first-order valence-corrected chi connectivity index (χ1v) is 13.3. The number of likely N-dealkylation sites (tertiary alicyclic amines) is 1. The van der Waals surface area contributed by atoms with E-state index in [0.717, 1.165) is 80.1 Å². The van der Waals surface area contributed by atoms with Crippen LogP contribution in [-0.2, 0) is 24.7 Å². The molecule has 6 rings (SSSR count). The molecule has 2 aromatic carbocycles. The highest BCUT2D eigenvalue weighted by molar-refractivity contribution is 5.82. The molecule has 36 heavy (non-hydrogen) atoms. The van der Waals surface area contributed by atoms with Crippen LogP contribution >= 0.6 is 0 Å². The highest BCUT2D eigenvalue weighted by Crippen LogP contribution is 2.59. The minimum Gasteiger partial charge on any atom is -0.454 e. The molecule has 1 aliphatic carbocycles. The fourth-order valence-corrected chi connectivity index (χ4v) is 6.27. The average Bonchev–Trinajstić information content (AvgIpc) is 3.21. The molecule has 1 amide bonds. The number of para-hydroxylation sites is 2. The standard InChI is InChI=1S/C29H36N4O3/c1-20(15-21-7-8-25-26(16-21)36-19-35-25)18-33-13-10-29(11-14-33)17-22(29)28(34)30-12-9-27-31-23-5-3-4-6-24(23)32(27)2/h3-8,16,20,22H,9-15,17-19H2,1-2H3,(H,30,34)/t20-,22+/m1/s1. The van der Waals surface area contributed by atoms with Gasteiger partial charge in [-0.15, -0.1) is 0 Å². The number of hydrogen-bond donors (Lipinski definition) is 1. The van der Waals surface area contributed by atoms with Gasteiger partial charge in [-0.25, -0.2) is 4.98 Å². The summed E-state index contributed by atoms with van der Waals surface area (Å²) in [5.41, 5.74) is 3.69. The molecular weight excluding hydrogens is 452 g/mol. The predicted molar refractivity (Wildman–Crippen MR) is 139 cm³/mol. The highest BCUT2D eigenvalue weighted by Gasteiger charge is 2.58. The number of carbonyl (C=O) groups is 1. The molecule has 190 valence electrons. The van der Waals surface area contributed by atoms with Gasteiger partial charge in [-0.2, -0.15) is 0 Å². The van der Waals surface area contributed by atoms with Crippen LogP contribution in [0.4, 0.5) is 0 Å². The Hall–Kier alpha value is -3.06. The number of carbonyl (C=O) groups excluding carboxylic acids is 1. The predicted octanol–water partition coefficient (Wildman–Crippen LogP) is 3.94. The number of hydrogen-bond acceptors (Lipinski definition) is 5. The molecule has 3 heterocycles. The first-order valence-electron chi connectivity index (χ1n) is 13.3. The molecule has 2 atom stereocenters. The Balaban J connectivity index is 0.938. The van der Waals surface area contributed by atoms with E-state index in [0.29, 0.717) is 19.3 Å². The summed E-state index contributed by atoms with van der Waals surface area (Å²) in [6.45, 7) is 6.58. The number of ether oxygens (including phenoxy) is 2. The smallest absolute Gasteiger partial charge is 0.231 e. The molecule has 0 unspecified atom stereocenters. The number of nitrogens with zero attached hydrogens (tertiary/aromatic N) is 3. The van der Waals surface area contributed by atoms with Crippen molar-refractivity contribution in [3.63, 3.8) is 0 Å². The Morgan fingerprint density at radius 1 is 1.17 bits per heavy atom. The number of rotatable bonds is 8. The second kappa shape index (κ2) is 9.43. The van der Waals surface area contributed by atoms with Crippen molar-refractivity contribution in [2.75, 3.05) is 33.0 Å². The third kappa shape index (κ3) is 4.57. The molecule has 0 radical (unpaired) electrons. The minimum atomic E-state index is 0.186. The highest BCUT2D eigenvalue weighted by atomic mass is 16.7. The van der Waals surface area contributed by atoms with Gasteiger partial charge in [0, 0.05) is 32.5 Å². The molecule has 0 bridgehead atoms. The topological polar surface area (TPSA) is 68.6 Å². The van der Waals surface area contributed by atoms with Gasteiger partial charge < -0.3 is 24.3 Å². The van der Waals surface area contributed by atoms with Gasteiger partial charge in [0.1, 0.15) is 5.82 Å². The molecule has 1 N–H and O–H groups in total. The number of benzene rings is 2. The summed E-state index contributed by atoms with van der Waals surface area (Å²) in [4.78, 5) is 20.2. The molecule has 2 fully saturated rings. The van der Waals surface area contributed by atoms with E-state index in [1.165, 1.54) is 5.56 Å². The van der Waals surface area contributed by atoms with Crippen LogP contribution in [-0.4, -0.2) is 53.3 Å². The largest absolute Gasteiger partial charge is 0.454 e. The maximum atomic E-state index is 12.9. The number of piperidine rings is 1. The van der Waals surface area contributed by atoms with Crippen LogP contribution in [0.1, 0.15) is 37.6 Å². The SMILES string of the molecule is C[C@H](Cc1ccc2c(c1)OCO2)CN1CCC2(CC1)C[C@H]2C(=O)NCCc1nc2ccccc2n1C. The number of amides is 1. The Morgan fingerprint density at radius 2 is 1.97 bits per heavy atom. The summed E-state index contributed by atoms with van der Waals surface area (Å²) in [7, 11) is 2.05. The number of aryl methyl sites for hydroxylation is 1. The molecule has 7 nitrogen and oxygen atoms in total. The van der Waals surface area contributed by atoms with Crippen LogP contribution in [0.25, 0.3) is 11.0 Å². The molecule has 1 aromatic heterocycles. The third-order valence-electron chi connectivity index (χ3n) is 8.48. The van der Waals surface area contributed by atoms with Crippen molar-refractivity contribution in [2.24, 2.45) is 24.3 Å². The Labute approximate surface area is 212 Å². The van der Waals surface area contributed by atoms with Crippen molar-refractivity contribution in [3.05, 3.63) is 53.9 Å². The van der Waals surface area contributed by atoms with E-state index in [9.17, 15) is 4.79 Å². The van der Waals surface area contributed by atoms with Crippen LogP contribution < -0.4 is 14.8 Å². The van der Waals surface area contributed by atoms with Gasteiger partial charge in [-0.1, -0.05) is 25.1 Å². The van der Waals surface area contributed by atoms with Crippen molar-refractivity contribution in [1.29, 1.82) is 0 Å². The van der Waals surface area contributed by atoms with E-state index >= 15 is 0 Å². The molecular formula is C29H36N4O3. The zero-order chi connectivity index (χ0) is 24.7. The second-order valence-electron chi connectivity index (χ2n) is 11.0. The van der Waals surface area contributed by atoms with E-state index in [1.807, 2.05) is 31.3 Å². The molecule has 1 saturated heterocycles. The van der Waals surface area contributed by atoms with E-state index in [1.54, 1.807) is 0 Å². The molecule has 3 aromatic rings. The molecule has 2 aliphatic heterocycles. The minimum absolute atomic E-state index is 0.186. The van der Waals surface area contributed by atoms with E-state index in [-0.39, 0.29) is 17.2 Å². The number of aromatic nitrogens is 2. The quantitative estimate of drug-likeness (QED) is 0.520. The van der Waals surface area contributed by atoms with Gasteiger partial charge >= 0.3 is 0 Å². The molecule has 1 saturated carbocycles. The van der Waals surface area contributed by atoms with Gasteiger partial charge in [0.25, 0.3) is 0 Å². The zero-order valence-corrected chi connectivity index (χ0v) is 21.3. The third-order valence-corrected chi connectivity index (χ3v) is 8.48. The molecule has 3 aliphatic rings. The van der Waals surface area contributed by atoms with Gasteiger partial charge in [0.05, 0.1) is 11.0 Å². The summed E-state index contributed by atoms with van der Waals surface area (Å²) in [5.74, 6) is 3.72. The fraction of sp³-hybridized carbons (Fsp3) is 0.517. The Bertz CT molecular complexity index is 1260. The number of imidazole rings is 1. The number of fused-ring (bicyclic) bond motifs is 2. The van der Waals surface area contributed by atoms with Crippen molar-refractivity contribution in [2.45, 2.75) is 39.0 Å². The lowest BCUT2D eigenvalue weighted by molar-refractivity contribution is -0.123. The van der Waals surface area contributed by atoms with Crippen molar-refractivity contribution in [1.82, 2.24) is 19.8 Å². The zero-order valence-electron chi connectivity index (χ0n) is 21.3. The summed E-state index contributed by atoms with van der Waals surface area (Å²) in [5, 5.41) is 3.20. The van der Waals surface area contributed by atoms with Crippen LogP contribution in [0.2, 0.25) is 0 Å². The first-order chi connectivity index (χ1) is 17.5. The first kappa shape index (κ1) is 23.3. The lowest BCUT2D eigenvalue weighted by Crippen LogP contribution is -2.39. The van der Waals surface area contributed by atoms with Crippen LogP contribution in [0.15, 0.2) is 42.5 Å². The molecule has 7 heteroatoms. The van der Waals surface area contributed by atoms with E-state index < -0.39 is 0 Å². The molecule has 1 spiro atoms. The van der Waals surface area contributed by atoms with E-state index in [4.69, 9.17) is 14.5 Å². The normalized spacial score (nSPS) is 21.1. The maximum Gasteiger partial charge on any atom is 0.231 e. The second-order valence-corrected chi connectivity index (χ2v) is 11.0. The summed E-state index contributed by atoms with van der Waals surface area (Å²) >= 11 is 0. The fourth-order valence-electron chi connectivity index (χ4n) is 6.27. The Morgan fingerprint density at radius 3 is 2.81 bits per heavy atom. The Kier molecular flexibility index (Phi) is 6.12. The summed E-state index contributed by atoms with van der Waals surface area (Å²) < 4.78 is 13.1. The van der Waals surface area contributed by atoms with Gasteiger partial charge in [-0.3, -0.25) is 4.79 Å². The van der Waals surface area contributed by atoms with Gasteiger partial charge in [0.2, 0.25) is 12.7 Å².